The van der Waals surface area contributed by atoms with Crippen LogP contribution in [0.15, 0.2) is 24.3 Å². The molecule has 2 N–H and O–H groups in total. The van der Waals surface area contributed by atoms with Crippen molar-refractivity contribution in [2.24, 2.45) is 0 Å². The van der Waals surface area contributed by atoms with Gasteiger partial charge in [0.25, 0.3) is 0 Å². The second-order valence-corrected chi connectivity index (χ2v) is 4.85. The van der Waals surface area contributed by atoms with Crippen LogP contribution in [0.3, 0.4) is 0 Å². The zero-order valence-corrected chi connectivity index (χ0v) is 11.8. The number of nitrogens with zero attached hydrogens (tertiary/aromatic N) is 4. The molecule has 0 spiro atoms. The van der Waals surface area contributed by atoms with Crippen LogP contribution in [0.1, 0.15) is 5.56 Å². The van der Waals surface area contributed by atoms with Crippen LogP contribution < -0.4 is 10.6 Å². The van der Waals surface area contributed by atoms with Gasteiger partial charge in [0, 0.05) is 18.7 Å². The number of anilines is 2. The minimum Gasteiger partial charge on any atom is -0.382 e. The van der Waals surface area contributed by atoms with Gasteiger partial charge in [-0.15, -0.1) is 0 Å². The average Bonchev–Trinajstić information content (AvgIpc) is 2.55. The second kappa shape index (κ2) is 5.95. The summed E-state index contributed by atoms with van der Waals surface area (Å²) in [5, 5.41) is 9.30. The molecule has 0 bridgehead atoms. The Hall–Kier alpha value is -2.72. The van der Waals surface area contributed by atoms with Crippen LogP contribution in [0.4, 0.5) is 16.2 Å². The van der Waals surface area contributed by atoms with Crippen molar-refractivity contribution in [2.45, 2.75) is 0 Å². The van der Waals surface area contributed by atoms with Gasteiger partial charge in [-0.25, -0.2) is 9.37 Å². The lowest BCUT2D eigenvalue weighted by molar-refractivity contribution is 0.122. The number of aromatic nitrogens is 2. The number of nitrogen functional groups attached to an aromatic ring is 1. The molecule has 2 aromatic rings. The van der Waals surface area contributed by atoms with Crippen molar-refractivity contribution >= 4 is 11.8 Å². The van der Waals surface area contributed by atoms with Gasteiger partial charge in [0.05, 0.1) is 18.9 Å². The van der Waals surface area contributed by atoms with Crippen molar-refractivity contribution in [1.82, 2.24) is 9.97 Å². The predicted octanol–water partition coefficient (Wildman–Crippen LogP) is 1.57. The Bertz CT molecular complexity index is 720. The van der Waals surface area contributed by atoms with Crippen molar-refractivity contribution in [3.63, 3.8) is 0 Å². The summed E-state index contributed by atoms with van der Waals surface area (Å²) in [6, 6.07) is 7.81. The number of hydrogen-bond donors (Lipinski definition) is 1. The van der Waals surface area contributed by atoms with E-state index < -0.39 is 0 Å². The summed E-state index contributed by atoms with van der Waals surface area (Å²) in [6.07, 6.45) is 0. The second-order valence-electron chi connectivity index (χ2n) is 4.85. The molecular weight excluding hydrogens is 285 g/mol. The van der Waals surface area contributed by atoms with E-state index in [2.05, 4.69) is 9.97 Å². The Balaban J connectivity index is 2.08. The molecule has 3 rings (SSSR count). The standard InChI is InChI=1S/C15H14FN5O/c16-11-3-1-10(2-4-11)13-12(9-17)14(18)20-15(19-13)21-5-7-22-8-6-21/h1-4H,5-8H2,(H2,18,19,20). The number of nitrogens with two attached hydrogens (primary N) is 1. The van der Waals surface area contributed by atoms with Gasteiger partial charge in [-0.05, 0) is 24.3 Å². The lowest BCUT2D eigenvalue weighted by Gasteiger charge is -2.27. The summed E-state index contributed by atoms with van der Waals surface area (Å²) in [5.41, 5.74) is 7.14. The minimum atomic E-state index is -0.349. The molecule has 2 heterocycles. The van der Waals surface area contributed by atoms with Gasteiger partial charge < -0.3 is 15.4 Å². The third-order valence-electron chi connectivity index (χ3n) is 3.45. The highest BCUT2D eigenvalue weighted by Crippen LogP contribution is 2.27. The molecule has 112 valence electrons. The largest absolute Gasteiger partial charge is 0.382 e. The van der Waals surface area contributed by atoms with Crippen molar-refractivity contribution in [3.05, 3.63) is 35.6 Å². The van der Waals surface area contributed by atoms with Crippen molar-refractivity contribution in [1.29, 1.82) is 5.26 Å². The Morgan fingerprint density at radius 1 is 1.18 bits per heavy atom. The molecule has 0 radical (unpaired) electrons. The van der Waals surface area contributed by atoms with Gasteiger partial charge in [0.1, 0.15) is 23.3 Å². The van der Waals surface area contributed by atoms with Crippen molar-refractivity contribution < 1.29 is 9.13 Å². The van der Waals surface area contributed by atoms with E-state index in [0.717, 1.165) is 0 Å². The Morgan fingerprint density at radius 2 is 1.86 bits per heavy atom. The van der Waals surface area contributed by atoms with Crippen LogP contribution in [-0.4, -0.2) is 36.3 Å². The SMILES string of the molecule is N#Cc1c(N)nc(N2CCOCC2)nc1-c1ccc(F)cc1. The first-order valence-corrected chi connectivity index (χ1v) is 6.85. The quantitative estimate of drug-likeness (QED) is 0.905. The van der Waals surface area contributed by atoms with Gasteiger partial charge in [0.15, 0.2) is 0 Å². The van der Waals surface area contributed by atoms with Crippen LogP contribution >= 0.6 is 0 Å². The van der Waals surface area contributed by atoms with Crippen molar-refractivity contribution in [3.8, 4) is 17.3 Å². The summed E-state index contributed by atoms with van der Waals surface area (Å²) in [7, 11) is 0. The van der Waals surface area contributed by atoms with Crippen molar-refractivity contribution in [2.75, 3.05) is 36.9 Å². The average molecular weight is 299 g/mol. The lowest BCUT2D eigenvalue weighted by Crippen LogP contribution is -2.37. The van der Waals surface area contributed by atoms with Gasteiger partial charge in [-0.2, -0.15) is 10.2 Å². The maximum atomic E-state index is 13.1. The molecule has 1 aliphatic rings. The summed E-state index contributed by atoms with van der Waals surface area (Å²) >= 11 is 0. The third kappa shape index (κ3) is 2.69. The van der Waals surface area contributed by atoms with Crippen LogP contribution in [0.25, 0.3) is 11.3 Å². The topological polar surface area (TPSA) is 88.1 Å². The Morgan fingerprint density at radius 3 is 2.50 bits per heavy atom. The van der Waals surface area contributed by atoms with Crippen LogP contribution in [-0.2, 0) is 4.74 Å². The third-order valence-corrected chi connectivity index (χ3v) is 3.45. The molecule has 0 saturated carbocycles. The van der Waals surface area contributed by atoms with E-state index in [-0.39, 0.29) is 17.2 Å². The fraction of sp³-hybridized carbons (Fsp3) is 0.267. The molecule has 1 aromatic carbocycles. The first kappa shape index (κ1) is 14.2. The van der Waals surface area contributed by atoms with E-state index in [1.165, 1.54) is 12.1 Å². The highest BCUT2D eigenvalue weighted by atomic mass is 19.1. The van der Waals surface area contributed by atoms with Gasteiger partial charge >= 0.3 is 0 Å². The molecular formula is C15H14FN5O. The van der Waals surface area contributed by atoms with E-state index >= 15 is 0 Å². The number of nitriles is 1. The molecule has 6 nitrogen and oxygen atoms in total. The molecule has 1 aliphatic heterocycles. The molecule has 7 heteroatoms. The molecule has 0 amide bonds. The number of hydrogen-bond acceptors (Lipinski definition) is 6. The normalized spacial score (nSPS) is 14.6. The molecule has 0 atom stereocenters. The Kier molecular flexibility index (Phi) is 3.85. The number of ether oxygens (including phenoxy) is 1. The number of morpholine rings is 1. The van der Waals surface area contributed by atoms with Crippen LogP contribution in [0, 0.1) is 17.1 Å². The zero-order valence-electron chi connectivity index (χ0n) is 11.8. The molecule has 1 aromatic heterocycles. The van der Waals surface area contributed by atoms with Gasteiger partial charge in [-0.1, -0.05) is 0 Å². The number of halogens is 1. The summed E-state index contributed by atoms with van der Waals surface area (Å²) in [6.45, 7) is 2.51. The minimum absolute atomic E-state index is 0.123. The smallest absolute Gasteiger partial charge is 0.228 e. The fourth-order valence-corrected chi connectivity index (χ4v) is 2.30. The van der Waals surface area contributed by atoms with E-state index in [1.54, 1.807) is 12.1 Å². The monoisotopic (exact) mass is 299 g/mol. The van der Waals surface area contributed by atoms with Gasteiger partial charge in [0.2, 0.25) is 5.95 Å². The lowest BCUT2D eigenvalue weighted by atomic mass is 10.1. The van der Waals surface area contributed by atoms with E-state index in [4.69, 9.17) is 10.5 Å². The molecule has 22 heavy (non-hydrogen) atoms. The molecule has 0 aliphatic carbocycles. The molecule has 1 saturated heterocycles. The van der Waals surface area contributed by atoms with E-state index in [9.17, 15) is 9.65 Å². The highest BCUT2D eigenvalue weighted by Gasteiger charge is 2.19. The molecule has 1 fully saturated rings. The first-order valence-electron chi connectivity index (χ1n) is 6.85. The maximum Gasteiger partial charge on any atom is 0.228 e. The fourth-order valence-electron chi connectivity index (χ4n) is 2.30. The zero-order chi connectivity index (χ0) is 15.5. The summed E-state index contributed by atoms with van der Waals surface area (Å²) in [5.74, 6) is 0.232. The first-order chi connectivity index (χ1) is 10.7. The van der Waals surface area contributed by atoms with Gasteiger partial charge in [-0.3, -0.25) is 0 Å². The van der Waals surface area contributed by atoms with Crippen LogP contribution in [0.5, 0.6) is 0 Å². The highest BCUT2D eigenvalue weighted by molar-refractivity contribution is 5.73. The van der Waals surface area contributed by atoms with E-state index in [0.29, 0.717) is 43.5 Å². The predicted molar refractivity (Wildman–Crippen MR) is 79.6 cm³/mol. The summed E-state index contributed by atoms with van der Waals surface area (Å²) in [4.78, 5) is 10.6. The molecule has 0 unspecified atom stereocenters. The summed E-state index contributed by atoms with van der Waals surface area (Å²) < 4.78 is 18.4. The van der Waals surface area contributed by atoms with E-state index in [1.807, 2.05) is 11.0 Å². The van der Waals surface area contributed by atoms with Crippen LogP contribution in [0.2, 0.25) is 0 Å². The maximum absolute atomic E-state index is 13.1. The number of rotatable bonds is 2. The Labute approximate surface area is 127 Å². The number of benzene rings is 1.